The summed E-state index contributed by atoms with van der Waals surface area (Å²) in [5.41, 5.74) is 1.25. The molecule has 1 aromatic rings. The number of ether oxygens (including phenoxy) is 1. The monoisotopic (exact) mass is 257 g/mol. The molecule has 0 saturated carbocycles. The van der Waals surface area contributed by atoms with Gasteiger partial charge in [-0.25, -0.2) is 4.79 Å². The summed E-state index contributed by atoms with van der Waals surface area (Å²) in [7, 11) is 1.61. The minimum Gasteiger partial charge on any atom is -0.496 e. The van der Waals surface area contributed by atoms with E-state index in [0.29, 0.717) is 5.56 Å². The van der Waals surface area contributed by atoms with Crippen molar-refractivity contribution in [2.45, 2.75) is 18.9 Å². The molecule has 1 saturated heterocycles. The molecule has 2 rings (SSSR count). The van der Waals surface area contributed by atoms with Crippen LogP contribution in [-0.2, 0) is 0 Å². The van der Waals surface area contributed by atoms with E-state index in [0.717, 1.165) is 30.7 Å². The van der Waals surface area contributed by atoms with Crippen molar-refractivity contribution in [3.63, 3.8) is 0 Å². The van der Waals surface area contributed by atoms with Crippen molar-refractivity contribution >= 4 is 18.4 Å². The van der Waals surface area contributed by atoms with E-state index in [1.807, 2.05) is 0 Å². The first-order chi connectivity index (χ1) is 7.72. The number of benzene rings is 1. The van der Waals surface area contributed by atoms with Crippen LogP contribution in [0.4, 0.5) is 0 Å². The van der Waals surface area contributed by atoms with Crippen LogP contribution in [0.25, 0.3) is 0 Å². The molecule has 1 aliphatic rings. The standard InChI is InChI=1S/C12H15NO3.ClH/c1-16-11-5-4-8(12(14)15)7-9(11)10-3-2-6-13-10;/h4-5,7,10,13H,2-3,6H2,1H3,(H,14,15);1H. The summed E-state index contributed by atoms with van der Waals surface area (Å²) in [4.78, 5) is 10.9. The highest BCUT2D eigenvalue weighted by Crippen LogP contribution is 2.31. The third kappa shape index (κ3) is 2.90. The Morgan fingerprint density at radius 2 is 2.29 bits per heavy atom. The number of carboxylic acid groups (broad SMARTS) is 1. The Balaban J connectivity index is 0.00000144. The third-order valence-electron chi connectivity index (χ3n) is 2.91. The van der Waals surface area contributed by atoms with Gasteiger partial charge in [-0.2, -0.15) is 0 Å². The number of carboxylic acids is 1. The van der Waals surface area contributed by atoms with E-state index < -0.39 is 5.97 Å². The lowest BCUT2D eigenvalue weighted by atomic mass is 10.0. The highest BCUT2D eigenvalue weighted by Gasteiger charge is 2.21. The van der Waals surface area contributed by atoms with Crippen LogP contribution in [0.3, 0.4) is 0 Å². The normalized spacial score (nSPS) is 18.5. The van der Waals surface area contributed by atoms with Crippen LogP contribution < -0.4 is 10.1 Å². The Kier molecular flexibility index (Phi) is 4.78. The second-order valence-electron chi connectivity index (χ2n) is 3.91. The summed E-state index contributed by atoms with van der Waals surface area (Å²) in [5, 5.41) is 12.3. The van der Waals surface area contributed by atoms with Gasteiger partial charge in [-0.05, 0) is 37.6 Å². The molecule has 1 unspecified atom stereocenters. The summed E-state index contributed by atoms with van der Waals surface area (Å²) >= 11 is 0. The zero-order valence-electron chi connectivity index (χ0n) is 9.60. The Morgan fingerprint density at radius 3 is 2.82 bits per heavy atom. The second kappa shape index (κ2) is 5.89. The number of nitrogens with one attached hydrogen (secondary N) is 1. The first-order valence-electron chi connectivity index (χ1n) is 5.37. The zero-order valence-corrected chi connectivity index (χ0v) is 10.4. The number of aromatic carboxylic acids is 1. The van der Waals surface area contributed by atoms with Crippen molar-refractivity contribution < 1.29 is 14.6 Å². The van der Waals surface area contributed by atoms with E-state index in [9.17, 15) is 4.79 Å². The highest BCUT2D eigenvalue weighted by atomic mass is 35.5. The summed E-state index contributed by atoms with van der Waals surface area (Å²) in [6.07, 6.45) is 2.14. The number of methoxy groups -OCH3 is 1. The van der Waals surface area contributed by atoms with Crippen molar-refractivity contribution in [2.24, 2.45) is 0 Å². The number of hydrogen-bond donors (Lipinski definition) is 2. The molecule has 2 N–H and O–H groups in total. The highest BCUT2D eigenvalue weighted by molar-refractivity contribution is 5.88. The number of halogens is 1. The Labute approximate surface area is 106 Å². The minimum atomic E-state index is -0.901. The van der Waals surface area contributed by atoms with Gasteiger partial charge in [-0.1, -0.05) is 0 Å². The summed E-state index contributed by atoms with van der Waals surface area (Å²) in [6.45, 7) is 0.977. The summed E-state index contributed by atoms with van der Waals surface area (Å²) < 4.78 is 5.26. The van der Waals surface area contributed by atoms with Crippen LogP contribution in [0.2, 0.25) is 0 Å². The SMILES string of the molecule is COc1ccc(C(=O)O)cc1C1CCCN1.Cl. The first-order valence-corrected chi connectivity index (χ1v) is 5.37. The fraction of sp³-hybridized carbons (Fsp3) is 0.417. The van der Waals surface area contributed by atoms with Gasteiger partial charge >= 0.3 is 5.97 Å². The molecule has 1 atom stereocenters. The van der Waals surface area contributed by atoms with Gasteiger partial charge in [0.25, 0.3) is 0 Å². The van der Waals surface area contributed by atoms with Gasteiger partial charge in [0, 0.05) is 11.6 Å². The van der Waals surface area contributed by atoms with Crippen LogP contribution in [0.15, 0.2) is 18.2 Å². The molecule has 17 heavy (non-hydrogen) atoms. The number of hydrogen-bond acceptors (Lipinski definition) is 3. The molecule has 5 heteroatoms. The van der Waals surface area contributed by atoms with Crippen molar-refractivity contribution in [3.8, 4) is 5.75 Å². The third-order valence-corrected chi connectivity index (χ3v) is 2.91. The number of carbonyl (C=O) groups is 1. The van der Waals surface area contributed by atoms with E-state index in [1.165, 1.54) is 0 Å². The maximum absolute atomic E-state index is 10.9. The van der Waals surface area contributed by atoms with Crippen molar-refractivity contribution in [1.82, 2.24) is 5.32 Å². The molecular formula is C12H16ClNO3. The summed E-state index contributed by atoms with van der Waals surface area (Å²) in [6, 6.07) is 5.21. The van der Waals surface area contributed by atoms with Gasteiger partial charge in [0.1, 0.15) is 5.75 Å². The van der Waals surface area contributed by atoms with Crippen LogP contribution in [-0.4, -0.2) is 24.7 Å². The molecule has 1 heterocycles. The molecule has 1 aromatic carbocycles. The largest absolute Gasteiger partial charge is 0.496 e. The van der Waals surface area contributed by atoms with Crippen LogP contribution >= 0.6 is 12.4 Å². The quantitative estimate of drug-likeness (QED) is 0.872. The molecule has 0 radical (unpaired) electrons. The zero-order chi connectivity index (χ0) is 11.5. The molecule has 0 amide bonds. The van der Waals surface area contributed by atoms with E-state index in [-0.39, 0.29) is 18.4 Å². The van der Waals surface area contributed by atoms with Crippen LogP contribution in [0, 0.1) is 0 Å². The molecule has 0 bridgehead atoms. The molecule has 94 valence electrons. The maximum Gasteiger partial charge on any atom is 0.335 e. The average Bonchev–Trinajstić information content (AvgIpc) is 2.81. The topological polar surface area (TPSA) is 58.6 Å². The average molecular weight is 258 g/mol. The van der Waals surface area contributed by atoms with Crippen molar-refractivity contribution in [2.75, 3.05) is 13.7 Å². The van der Waals surface area contributed by atoms with E-state index in [2.05, 4.69) is 5.32 Å². The lowest BCUT2D eigenvalue weighted by Crippen LogP contribution is -2.14. The fourth-order valence-corrected chi connectivity index (χ4v) is 2.09. The Morgan fingerprint density at radius 1 is 1.53 bits per heavy atom. The lowest BCUT2D eigenvalue weighted by molar-refractivity contribution is 0.0696. The van der Waals surface area contributed by atoms with Gasteiger partial charge in [-0.15, -0.1) is 12.4 Å². The fourth-order valence-electron chi connectivity index (χ4n) is 2.09. The van der Waals surface area contributed by atoms with E-state index in [1.54, 1.807) is 25.3 Å². The molecule has 0 aromatic heterocycles. The van der Waals surface area contributed by atoms with E-state index >= 15 is 0 Å². The van der Waals surface area contributed by atoms with Gasteiger partial charge in [0.2, 0.25) is 0 Å². The second-order valence-corrected chi connectivity index (χ2v) is 3.91. The van der Waals surface area contributed by atoms with Gasteiger partial charge in [0.05, 0.1) is 12.7 Å². The van der Waals surface area contributed by atoms with Crippen LogP contribution in [0.1, 0.15) is 34.8 Å². The van der Waals surface area contributed by atoms with Gasteiger partial charge in [0.15, 0.2) is 0 Å². The Bertz CT molecular complexity index is 403. The van der Waals surface area contributed by atoms with E-state index in [4.69, 9.17) is 9.84 Å². The van der Waals surface area contributed by atoms with Crippen LogP contribution in [0.5, 0.6) is 5.75 Å². The predicted octanol–water partition coefficient (Wildman–Crippen LogP) is 2.24. The lowest BCUT2D eigenvalue weighted by Gasteiger charge is -2.15. The van der Waals surface area contributed by atoms with Crippen molar-refractivity contribution in [3.05, 3.63) is 29.3 Å². The molecule has 4 nitrogen and oxygen atoms in total. The Hall–Kier alpha value is -1.26. The molecule has 1 aliphatic heterocycles. The van der Waals surface area contributed by atoms with Crippen molar-refractivity contribution in [1.29, 1.82) is 0 Å². The molecule has 0 aliphatic carbocycles. The van der Waals surface area contributed by atoms with Gasteiger partial charge in [-0.3, -0.25) is 0 Å². The smallest absolute Gasteiger partial charge is 0.335 e. The summed E-state index contributed by atoms with van der Waals surface area (Å²) in [5.74, 6) is -0.147. The molecule has 1 fully saturated rings. The predicted molar refractivity (Wildman–Crippen MR) is 67.2 cm³/mol. The first kappa shape index (κ1) is 13.8. The van der Waals surface area contributed by atoms with Gasteiger partial charge < -0.3 is 15.2 Å². The minimum absolute atomic E-state index is 0. The number of rotatable bonds is 3. The molecule has 0 spiro atoms. The molecular weight excluding hydrogens is 242 g/mol. The maximum atomic E-state index is 10.9.